The van der Waals surface area contributed by atoms with E-state index in [-0.39, 0.29) is 5.91 Å². The number of hydrogen-bond donors (Lipinski definition) is 0. The summed E-state index contributed by atoms with van der Waals surface area (Å²) in [5.74, 6) is 2.38. The third-order valence-corrected chi connectivity index (χ3v) is 5.79. The van der Waals surface area contributed by atoms with Gasteiger partial charge in [0.25, 0.3) is 0 Å². The van der Waals surface area contributed by atoms with Crippen LogP contribution in [0.5, 0.6) is 0 Å². The molecule has 2 saturated heterocycles. The third-order valence-electron chi connectivity index (χ3n) is 5.79. The first-order valence-electron chi connectivity index (χ1n) is 11.0. The Bertz CT molecular complexity index is 630. The number of morpholine rings is 1. The number of nitrogens with zero attached hydrogens (tertiary/aromatic N) is 7. The van der Waals surface area contributed by atoms with Crippen LogP contribution < -0.4 is 0 Å². The molecule has 0 aromatic carbocycles. The molecule has 164 valence electrons. The quantitative estimate of drug-likeness (QED) is 0.565. The van der Waals surface area contributed by atoms with Crippen LogP contribution >= 0.6 is 0 Å². The zero-order valence-corrected chi connectivity index (χ0v) is 18.3. The molecular formula is C20H37N7O2. The normalized spacial score (nSPS) is 21.2. The second kappa shape index (κ2) is 11.0. The number of amides is 1. The Morgan fingerprint density at radius 2 is 2.03 bits per heavy atom. The number of rotatable bonds is 10. The Balaban J connectivity index is 1.36. The van der Waals surface area contributed by atoms with Crippen molar-refractivity contribution in [1.82, 2.24) is 34.9 Å². The molecule has 1 atom stereocenters. The standard InChI is InChI=1S/C20H37N7O2/c1-17(2)13-26-8-6-18(15-26)14-24(3)20(28)5-4-7-27-19(21-22-23-27)16-25-9-11-29-12-10-25/h17-18H,4-16H2,1-3H3/t18-/m1/s1. The third kappa shape index (κ3) is 7.01. The molecule has 1 amide bonds. The Morgan fingerprint density at radius 3 is 2.79 bits per heavy atom. The highest BCUT2D eigenvalue weighted by atomic mass is 16.5. The van der Waals surface area contributed by atoms with Crippen LogP contribution in [0.2, 0.25) is 0 Å². The summed E-state index contributed by atoms with van der Waals surface area (Å²) in [6.07, 6.45) is 2.49. The van der Waals surface area contributed by atoms with Crippen molar-refractivity contribution in [2.45, 2.75) is 46.2 Å². The fraction of sp³-hybridized carbons (Fsp3) is 0.900. The summed E-state index contributed by atoms with van der Waals surface area (Å²) < 4.78 is 7.22. The van der Waals surface area contributed by atoms with Crippen molar-refractivity contribution in [3.05, 3.63) is 5.82 Å². The molecule has 0 bridgehead atoms. The molecule has 0 spiro atoms. The number of likely N-dealkylation sites (tertiary alicyclic amines) is 1. The molecule has 1 aromatic rings. The number of carbonyl (C=O) groups excluding carboxylic acids is 1. The number of ether oxygens (including phenoxy) is 1. The van der Waals surface area contributed by atoms with Gasteiger partial charge in [-0.05, 0) is 41.6 Å². The molecule has 0 saturated carbocycles. The van der Waals surface area contributed by atoms with E-state index >= 15 is 0 Å². The van der Waals surface area contributed by atoms with Gasteiger partial charge in [0.05, 0.1) is 19.8 Å². The van der Waals surface area contributed by atoms with E-state index < -0.39 is 0 Å². The van der Waals surface area contributed by atoms with Crippen molar-refractivity contribution < 1.29 is 9.53 Å². The average molecular weight is 408 g/mol. The highest BCUT2D eigenvalue weighted by molar-refractivity contribution is 5.75. The Labute approximate surface area is 174 Å². The van der Waals surface area contributed by atoms with Crippen LogP contribution in [0.25, 0.3) is 0 Å². The van der Waals surface area contributed by atoms with Gasteiger partial charge in [0, 0.05) is 52.7 Å². The van der Waals surface area contributed by atoms with Crippen LogP contribution in [0, 0.1) is 11.8 Å². The lowest BCUT2D eigenvalue weighted by Gasteiger charge is -2.25. The number of tetrazole rings is 1. The van der Waals surface area contributed by atoms with Crippen LogP contribution in [0.4, 0.5) is 0 Å². The van der Waals surface area contributed by atoms with Crippen LogP contribution in [0.3, 0.4) is 0 Å². The predicted octanol–water partition coefficient (Wildman–Crippen LogP) is 0.722. The summed E-state index contributed by atoms with van der Waals surface area (Å²) >= 11 is 0. The van der Waals surface area contributed by atoms with Crippen molar-refractivity contribution in [3.8, 4) is 0 Å². The second-order valence-electron chi connectivity index (χ2n) is 8.89. The van der Waals surface area contributed by atoms with E-state index in [1.54, 1.807) is 0 Å². The van der Waals surface area contributed by atoms with Crippen molar-refractivity contribution in [2.24, 2.45) is 11.8 Å². The van der Waals surface area contributed by atoms with E-state index in [2.05, 4.69) is 39.2 Å². The first kappa shape index (κ1) is 22.1. The van der Waals surface area contributed by atoms with Crippen molar-refractivity contribution in [3.63, 3.8) is 0 Å². The molecule has 2 aliphatic rings. The maximum Gasteiger partial charge on any atom is 0.222 e. The van der Waals surface area contributed by atoms with Crippen molar-refractivity contribution >= 4 is 5.91 Å². The first-order valence-corrected chi connectivity index (χ1v) is 11.0. The molecule has 9 nitrogen and oxygen atoms in total. The molecule has 0 aliphatic carbocycles. The summed E-state index contributed by atoms with van der Waals surface area (Å²) in [4.78, 5) is 19.3. The zero-order valence-electron chi connectivity index (χ0n) is 18.3. The minimum Gasteiger partial charge on any atom is -0.379 e. The van der Waals surface area contributed by atoms with Gasteiger partial charge in [0.15, 0.2) is 5.82 Å². The zero-order chi connectivity index (χ0) is 20.6. The van der Waals surface area contributed by atoms with E-state index in [1.807, 2.05) is 16.6 Å². The molecule has 9 heteroatoms. The summed E-state index contributed by atoms with van der Waals surface area (Å²) in [6, 6.07) is 0. The molecule has 0 radical (unpaired) electrons. The monoisotopic (exact) mass is 407 g/mol. The Hall–Kier alpha value is -1.58. The minimum absolute atomic E-state index is 0.218. The SMILES string of the molecule is CC(C)CN1CC[C@H](CN(C)C(=O)CCCn2nnnc2CN2CCOCC2)C1. The van der Waals surface area contributed by atoms with Gasteiger partial charge >= 0.3 is 0 Å². The van der Waals surface area contributed by atoms with Gasteiger partial charge in [-0.1, -0.05) is 13.8 Å². The van der Waals surface area contributed by atoms with Gasteiger partial charge in [-0.3, -0.25) is 9.69 Å². The average Bonchev–Trinajstić information content (AvgIpc) is 3.31. The minimum atomic E-state index is 0.218. The fourth-order valence-corrected chi connectivity index (χ4v) is 4.27. The molecule has 1 aromatic heterocycles. The van der Waals surface area contributed by atoms with Gasteiger partial charge in [-0.15, -0.1) is 5.10 Å². The topological polar surface area (TPSA) is 79.6 Å². The largest absolute Gasteiger partial charge is 0.379 e. The molecular weight excluding hydrogens is 370 g/mol. The maximum atomic E-state index is 12.5. The van der Waals surface area contributed by atoms with Crippen LogP contribution in [0.15, 0.2) is 0 Å². The van der Waals surface area contributed by atoms with Gasteiger partial charge in [0.1, 0.15) is 0 Å². The lowest BCUT2D eigenvalue weighted by Crippen LogP contribution is -2.36. The lowest BCUT2D eigenvalue weighted by atomic mass is 10.1. The van der Waals surface area contributed by atoms with Crippen LogP contribution in [-0.2, 0) is 22.6 Å². The number of aryl methyl sites for hydroxylation is 1. The smallest absolute Gasteiger partial charge is 0.222 e. The predicted molar refractivity (Wildman–Crippen MR) is 110 cm³/mol. The van der Waals surface area contributed by atoms with E-state index in [9.17, 15) is 4.79 Å². The highest BCUT2D eigenvalue weighted by Gasteiger charge is 2.25. The molecule has 3 rings (SSSR count). The van der Waals surface area contributed by atoms with Crippen molar-refractivity contribution in [1.29, 1.82) is 0 Å². The summed E-state index contributed by atoms with van der Waals surface area (Å²) in [5.41, 5.74) is 0. The molecule has 0 unspecified atom stereocenters. The number of hydrogen-bond acceptors (Lipinski definition) is 7. The van der Waals surface area contributed by atoms with Gasteiger partial charge in [0.2, 0.25) is 5.91 Å². The van der Waals surface area contributed by atoms with Gasteiger partial charge in [-0.25, -0.2) is 4.68 Å². The first-order chi connectivity index (χ1) is 14.0. The van der Waals surface area contributed by atoms with Crippen LogP contribution in [-0.4, -0.2) is 100 Å². The molecule has 29 heavy (non-hydrogen) atoms. The molecule has 2 aliphatic heterocycles. The van der Waals surface area contributed by atoms with E-state index in [1.165, 1.54) is 6.42 Å². The van der Waals surface area contributed by atoms with Crippen LogP contribution in [0.1, 0.15) is 38.9 Å². The number of carbonyl (C=O) groups is 1. The molecule has 0 N–H and O–H groups in total. The second-order valence-corrected chi connectivity index (χ2v) is 8.89. The van der Waals surface area contributed by atoms with E-state index in [0.29, 0.717) is 24.8 Å². The Kier molecular flexibility index (Phi) is 8.38. The number of aromatic nitrogens is 4. The Morgan fingerprint density at radius 1 is 1.24 bits per heavy atom. The lowest BCUT2D eigenvalue weighted by molar-refractivity contribution is -0.130. The fourth-order valence-electron chi connectivity index (χ4n) is 4.27. The summed E-state index contributed by atoms with van der Waals surface area (Å²) in [6.45, 7) is 13.6. The van der Waals surface area contributed by atoms with E-state index in [0.717, 1.165) is 71.3 Å². The summed E-state index contributed by atoms with van der Waals surface area (Å²) in [5, 5.41) is 12.1. The molecule has 2 fully saturated rings. The maximum absolute atomic E-state index is 12.5. The van der Waals surface area contributed by atoms with Gasteiger partial charge in [-0.2, -0.15) is 0 Å². The highest BCUT2D eigenvalue weighted by Crippen LogP contribution is 2.18. The molecule has 3 heterocycles. The summed E-state index contributed by atoms with van der Waals surface area (Å²) in [7, 11) is 1.94. The van der Waals surface area contributed by atoms with E-state index in [4.69, 9.17) is 4.74 Å². The van der Waals surface area contributed by atoms with Crippen molar-refractivity contribution in [2.75, 3.05) is 59.5 Å². The van der Waals surface area contributed by atoms with Gasteiger partial charge < -0.3 is 14.5 Å².